The van der Waals surface area contributed by atoms with Crippen molar-refractivity contribution in [3.63, 3.8) is 0 Å². The van der Waals surface area contributed by atoms with Gasteiger partial charge in [-0.2, -0.15) is 0 Å². The van der Waals surface area contributed by atoms with Crippen LogP contribution < -0.4 is 0 Å². The van der Waals surface area contributed by atoms with E-state index in [1.165, 1.54) is 0 Å². The van der Waals surface area contributed by atoms with Gasteiger partial charge < -0.3 is 19.5 Å². The Kier molecular flexibility index (Phi) is 5.59. The quantitative estimate of drug-likeness (QED) is 0.638. The van der Waals surface area contributed by atoms with Crippen LogP contribution in [0.4, 0.5) is 0 Å². The van der Waals surface area contributed by atoms with Crippen molar-refractivity contribution in [1.82, 2.24) is 19.7 Å². The second-order valence-electron chi connectivity index (χ2n) is 9.46. The van der Waals surface area contributed by atoms with Crippen molar-refractivity contribution >= 4 is 22.7 Å². The van der Waals surface area contributed by atoms with Gasteiger partial charge in [0.2, 0.25) is 11.8 Å². The van der Waals surface area contributed by atoms with E-state index >= 15 is 0 Å². The highest BCUT2D eigenvalue weighted by Gasteiger charge is 2.48. The molecule has 3 aliphatic heterocycles. The Morgan fingerprint density at radius 1 is 0.941 bits per heavy atom. The lowest BCUT2D eigenvalue weighted by molar-refractivity contribution is -0.158. The summed E-state index contributed by atoms with van der Waals surface area (Å²) in [5.74, 6) is 0.0903. The molecule has 0 radical (unpaired) electrons. The summed E-state index contributed by atoms with van der Waals surface area (Å²) in [6.45, 7) is 5.10. The van der Waals surface area contributed by atoms with Gasteiger partial charge in [0, 0.05) is 49.2 Å². The summed E-state index contributed by atoms with van der Waals surface area (Å²) in [6, 6.07) is 17.5. The number of morpholine rings is 1. The molecule has 2 aromatic carbocycles. The third kappa shape index (κ3) is 3.69. The SMILES string of the molecule is O=C1[C@H]2Cc3c([nH]c4ccccc34)C(c3ccccc3)N2C(=O)CN1CCCN1CCOCC1. The molecule has 2 saturated heterocycles. The topological polar surface area (TPSA) is 68.9 Å². The Balaban J connectivity index is 1.30. The predicted octanol–water partition coefficient (Wildman–Crippen LogP) is 2.58. The molecule has 0 bridgehead atoms. The Morgan fingerprint density at radius 3 is 2.53 bits per heavy atom. The van der Waals surface area contributed by atoms with Crippen LogP contribution >= 0.6 is 0 Å². The van der Waals surface area contributed by atoms with Gasteiger partial charge in [-0.3, -0.25) is 14.5 Å². The van der Waals surface area contributed by atoms with E-state index in [2.05, 4.69) is 34.1 Å². The number of hydrogen-bond acceptors (Lipinski definition) is 4. The molecule has 34 heavy (non-hydrogen) atoms. The lowest BCUT2D eigenvalue weighted by atomic mass is 9.86. The Bertz CT molecular complexity index is 1200. The van der Waals surface area contributed by atoms with Crippen molar-refractivity contribution in [3.05, 3.63) is 71.4 Å². The number of aromatic amines is 1. The number of para-hydroxylation sites is 1. The molecule has 7 heteroatoms. The largest absolute Gasteiger partial charge is 0.379 e. The van der Waals surface area contributed by atoms with Gasteiger partial charge >= 0.3 is 0 Å². The predicted molar refractivity (Wildman–Crippen MR) is 129 cm³/mol. The first-order valence-electron chi connectivity index (χ1n) is 12.2. The van der Waals surface area contributed by atoms with E-state index in [-0.39, 0.29) is 24.4 Å². The molecule has 3 aromatic rings. The van der Waals surface area contributed by atoms with E-state index in [0.29, 0.717) is 13.0 Å². The van der Waals surface area contributed by atoms with Crippen LogP contribution in [0.2, 0.25) is 0 Å². The van der Waals surface area contributed by atoms with Crippen LogP contribution in [0, 0.1) is 0 Å². The third-order valence-corrected chi connectivity index (χ3v) is 7.46. The lowest BCUT2D eigenvalue weighted by Crippen LogP contribution is -2.63. The summed E-state index contributed by atoms with van der Waals surface area (Å²) in [6.07, 6.45) is 1.42. The molecule has 7 nitrogen and oxygen atoms in total. The zero-order valence-electron chi connectivity index (χ0n) is 19.3. The fourth-order valence-corrected chi connectivity index (χ4v) is 5.80. The van der Waals surface area contributed by atoms with E-state index in [9.17, 15) is 9.59 Å². The number of H-pyrrole nitrogens is 1. The maximum atomic E-state index is 13.7. The van der Waals surface area contributed by atoms with Gasteiger partial charge in [0.25, 0.3) is 0 Å². The number of benzene rings is 2. The van der Waals surface area contributed by atoms with E-state index in [1.54, 1.807) is 4.90 Å². The first kappa shape index (κ1) is 21.4. The van der Waals surface area contributed by atoms with Crippen LogP contribution in [-0.4, -0.2) is 83.5 Å². The average molecular weight is 459 g/mol. The molecule has 0 saturated carbocycles. The average Bonchev–Trinajstić information content (AvgIpc) is 3.25. The lowest BCUT2D eigenvalue weighted by Gasteiger charge is -2.47. The molecular formula is C27H30N4O3. The monoisotopic (exact) mass is 458 g/mol. The van der Waals surface area contributed by atoms with Crippen molar-refractivity contribution in [2.45, 2.75) is 24.9 Å². The summed E-state index contributed by atoms with van der Waals surface area (Å²) < 4.78 is 5.43. The van der Waals surface area contributed by atoms with Crippen LogP contribution in [0.5, 0.6) is 0 Å². The second-order valence-corrected chi connectivity index (χ2v) is 9.46. The Morgan fingerprint density at radius 2 is 1.71 bits per heavy atom. The zero-order valence-corrected chi connectivity index (χ0v) is 19.3. The molecule has 4 heterocycles. The zero-order chi connectivity index (χ0) is 23.1. The number of fused-ring (bicyclic) bond motifs is 4. The summed E-state index contributed by atoms with van der Waals surface area (Å²) in [4.78, 5) is 36.8. The number of piperazine rings is 1. The minimum Gasteiger partial charge on any atom is -0.379 e. The van der Waals surface area contributed by atoms with Gasteiger partial charge in [0.05, 0.1) is 25.8 Å². The highest BCUT2D eigenvalue weighted by atomic mass is 16.5. The Hall–Kier alpha value is -3.16. The van der Waals surface area contributed by atoms with Crippen molar-refractivity contribution in [3.8, 4) is 0 Å². The summed E-state index contributed by atoms with van der Waals surface area (Å²) in [5, 5.41) is 1.14. The number of hydrogen-bond donors (Lipinski definition) is 1. The van der Waals surface area contributed by atoms with E-state index in [0.717, 1.165) is 67.0 Å². The van der Waals surface area contributed by atoms with Crippen molar-refractivity contribution in [2.24, 2.45) is 0 Å². The number of amides is 2. The number of ether oxygens (including phenoxy) is 1. The minimum absolute atomic E-state index is 0.0223. The van der Waals surface area contributed by atoms with E-state index in [4.69, 9.17) is 4.74 Å². The first-order chi connectivity index (χ1) is 16.7. The molecule has 1 N–H and O–H groups in total. The van der Waals surface area contributed by atoms with E-state index < -0.39 is 6.04 Å². The molecule has 2 amide bonds. The molecule has 0 spiro atoms. The maximum Gasteiger partial charge on any atom is 0.246 e. The van der Waals surface area contributed by atoms with Gasteiger partial charge in [-0.25, -0.2) is 0 Å². The molecule has 1 aromatic heterocycles. The van der Waals surface area contributed by atoms with Crippen molar-refractivity contribution in [1.29, 1.82) is 0 Å². The van der Waals surface area contributed by atoms with Gasteiger partial charge in [-0.05, 0) is 23.6 Å². The summed E-state index contributed by atoms with van der Waals surface area (Å²) in [5.41, 5.74) is 4.27. The molecule has 176 valence electrons. The third-order valence-electron chi connectivity index (χ3n) is 7.46. The number of carbonyl (C=O) groups excluding carboxylic acids is 2. The highest BCUT2D eigenvalue weighted by Crippen LogP contribution is 2.42. The maximum absolute atomic E-state index is 13.7. The number of rotatable bonds is 5. The molecule has 2 fully saturated rings. The summed E-state index contributed by atoms with van der Waals surface area (Å²) >= 11 is 0. The summed E-state index contributed by atoms with van der Waals surface area (Å²) in [7, 11) is 0. The fourth-order valence-electron chi connectivity index (χ4n) is 5.80. The molecule has 2 atom stereocenters. The normalized spacial score (nSPS) is 23.3. The van der Waals surface area contributed by atoms with Crippen LogP contribution in [0.15, 0.2) is 54.6 Å². The number of nitrogens with zero attached hydrogens (tertiary/aromatic N) is 3. The van der Waals surface area contributed by atoms with Crippen LogP contribution in [0.25, 0.3) is 10.9 Å². The van der Waals surface area contributed by atoms with Gasteiger partial charge in [0.1, 0.15) is 6.04 Å². The van der Waals surface area contributed by atoms with Crippen LogP contribution in [0.1, 0.15) is 29.3 Å². The number of nitrogens with one attached hydrogen (secondary N) is 1. The van der Waals surface area contributed by atoms with Gasteiger partial charge in [-0.1, -0.05) is 48.5 Å². The van der Waals surface area contributed by atoms with Crippen LogP contribution in [0.3, 0.4) is 0 Å². The Labute approximate surface area is 199 Å². The highest BCUT2D eigenvalue weighted by molar-refractivity contribution is 5.97. The minimum atomic E-state index is -0.471. The number of aromatic nitrogens is 1. The first-order valence-corrected chi connectivity index (χ1v) is 12.2. The molecule has 1 unspecified atom stereocenters. The molecule has 6 rings (SSSR count). The van der Waals surface area contributed by atoms with Gasteiger partial charge in [-0.15, -0.1) is 0 Å². The van der Waals surface area contributed by atoms with Crippen LogP contribution in [-0.2, 0) is 20.7 Å². The smallest absolute Gasteiger partial charge is 0.246 e. The van der Waals surface area contributed by atoms with Gasteiger partial charge in [0.15, 0.2) is 0 Å². The van der Waals surface area contributed by atoms with E-state index in [1.807, 2.05) is 35.2 Å². The fraction of sp³-hybridized carbons (Fsp3) is 0.407. The van der Waals surface area contributed by atoms with Crippen molar-refractivity contribution < 1.29 is 14.3 Å². The number of carbonyl (C=O) groups is 2. The standard InChI is InChI=1S/C27H30N4O3/c32-24-18-30(12-6-11-29-13-15-34-16-14-29)27(33)23-17-21-20-9-4-5-10-22(20)28-25(21)26(31(23)24)19-7-2-1-3-8-19/h1-5,7-10,23,26,28H,6,11-18H2/t23-,26?/m1/s1. The molecule has 3 aliphatic rings. The second kappa shape index (κ2) is 8.89. The van der Waals surface area contributed by atoms with Crippen molar-refractivity contribution in [2.75, 3.05) is 45.9 Å². The molecule has 0 aliphatic carbocycles. The molecular weight excluding hydrogens is 428 g/mol.